The molecule has 0 radical (unpaired) electrons. The van der Waals surface area contributed by atoms with Crippen molar-refractivity contribution < 1.29 is 23.5 Å². The molecule has 4 rings (SSSR count). The maximum absolute atomic E-state index is 5.63. The standard InChI is InChI=1S/C21H24NO4/c1-23-18-6-5-13-9-17-15-11-20(25-3)19(24-2)10-14(15)7-8-22(17)12-16(13)21(18)26-4/h5-6,10-12,17H,7-9H2,1-4H3/q+1. The van der Waals surface area contributed by atoms with Crippen LogP contribution in [0.25, 0.3) is 0 Å². The molecule has 0 aliphatic carbocycles. The molecule has 136 valence electrons. The molecule has 0 bridgehead atoms. The smallest absolute Gasteiger partial charge is 0.182 e. The average molecular weight is 354 g/mol. The van der Waals surface area contributed by atoms with Crippen LogP contribution in [0.3, 0.4) is 0 Å². The van der Waals surface area contributed by atoms with E-state index >= 15 is 0 Å². The van der Waals surface area contributed by atoms with Gasteiger partial charge in [0.05, 0.1) is 34.0 Å². The summed E-state index contributed by atoms with van der Waals surface area (Å²) in [6.45, 7) is 0.965. The van der Waals surface area contributed by atoms with Crippen LogP contribution in [-0.2, 0) is 12.8 Å². The SMILES string of the molecule is COc1cc2c(cc1OC)C1Cc3ccc(OC)c(OC)c3C=[N+]1CC2. The van der Waals surface area contributed by atoms with Crippen LogP contribution in [0, 0.1) is 0 Å². The van der Waals surface area contributed by atoms with Gasteiger partial charge in [0.2, 0.25) is 0 Å². The van der Waals surface area contributed by atoms with Crippen molar-refractivity contribution in [1.82, 2.24) is 0 Å². The normalized spacial score (nSPS) is 17.4. The van der Waals surface area contributed by atoms with Gasteiger partial charge in [0.15, 0.2) is 35.3 Å². The van der Waals surface area contributed by atoms with Crippen LogP contribution in [0.1, 0.15) is 28.3 Å². The van der Waals surface area contributed by atoms with Crippen molar-refractivity contribution in [3.05, 3.63) is 46.5 Å². The summed E-state index contributed by atoms with van der Waals surface area (Å²) >= 11 is 0. The highest BCUT2D eigenvalue weighted by Gasteiger charge is 2.36. The Morgan fingerprint density at radius 3 is 2.27 bits per heavy atom. The van der Waals surface area contributed by atoms with E-state index in [4.69, 9.17) is 18.9 Å². The number of methoxy groups -OCH3 is 4. The minimum Gasteiger partial charge on any atom is -0.493 e. The molecule has 0 spiro atoms. The molecule has 0 aromatic heterocycles. The molecule has 5 nitrogen and oxygen atoms in total. The first-order chi connectivity index (χ1) is 12.7. The van der Waals surface area contributed by atoms with Gasteiger partial charge in [0.1, 0.15) is 6.54 Å². The average Bonchev–Trinajstić information content (AvgIpc) is 2.70. The van der Waals surface area contributed by atoms with Gasteiger partial charge < -0.3 is 18.9 Å². The summed E-state index contributed by atoms with van der Waals surface area (Å²) in [5.74, 6) is 3.16. The van der Waals surface area contributed by atoms with Crippen molar-refractivity contribution >= 4 is 6.21 Å². The summed E-state index contributed by atoms with van der Waals surface area (Å²) in [5.41, 5.74) is 5.03. The van der Waals surface area contributed by atoms with E-state index in [1.807, 2.05) is 6.07 Å². The minimum absolute atomic E-state index is 0.296. The molecule has 26 heavy (non-hydrogen) atoms. The summed E-state index contributed by atoms with van der Waals surface area (Å²) in [6.07, 6.45) is 4.11. The first-order valence-electron chi connectivity index (χ1n) is 8.79. The van der Waals surface area contributed by atoms with Crippen molar-refractivity contribution in [3.8, 4) is 23.0 Å². The molecule has 2 aliphatic heterocycles. The third-order valence-electron chi connectivity index (χ3n) is 5.43. The first-order valence-corrected chi connectivity index (χ1v) is 8.79. The minimum atomic E-state index is 0.296. The van der Waals surface area contributed by atoms with Crippen LogP contribution in [0.5, 0.6) is 23.0 Å². The Morgan fingerprint density at radius 2 is 1.58 bits per heavy atom. The van der Waals surface area contributed by atoms with Crippen LogP contribution in [0.2, 0.25) is 0 Å². The second-order valence-electron chi connectivity index (χ2n) is 6.62. The molecule has 2 aliphatic rings. The topological polar surface area (TPSA) is 39.9 Å². The van der Waals surface area contributed by atoms with Gasteiger partial charge in [-0.3, -0.25) is 0 Å². The van der Waals surface area contributed by atoms with Crippen molar-refractivity contribution in [1.29, 1.82) is 0 Å². The number of ether oxygens (including phenoxy) is 4. The van der Waals surface area contributed by atoms with E-state index in [1.54, 1.807) is 28.4 Å². The third kappa shape index (κ3) is 2.50. The number of fused-ring (bicyclic) bond motifs is 4. The van der Waals surface area contributed by atoms with E-state index in [0.29, 0.717) is 6.04 Å². The van der Waals surface area contributed by atoms with Crippen LogP contribution in [-0.4, -0.2) is 45.8 Å². The van der Waals surface area contributed by atoms with E-state index in [9.17, 15) is 0 Å². The lowest BCUT2D eigenvalue weighted by Crippen LogP contribution is -2.33. The lowest BCUT2D eigenvalue weighted by atomic mass is 9.85. The summed E-state index contributed by atoms with van der Waals surface area (Å²) in [7, 11) is 6.74. The van der Waals surface area contributed by atoms with Crippen molar-refractivity contribution in [2.45, 2.75) is 18.9 Å². The zero-order valence-electron chi connectivity index (χ0n) is 15.7. The Hall–Kier alpha value is -2.69. The van der Waals surface area contributed by atoms with Crippen LogP contribution >= 0.6 is 0 Å². The zero-order valence-corrected chi connectivity index (χ0v) is 15.7. The highest BCUT2D eigenvalue weighted by Crippen LogP contribution is 2.42. The van der Waals surface area contributed by atoms with Gasteiger partial charge in [0, 0.05) is 18.4 Å². The Balaban J connectivity index is 1.82. The second kappa shape index (κ2) is 6.56. The summed E-state index contributed by atoms with van der Waals surface area (Å²) < 4.78 is 24.5. The zero-order chi connectivity index (χ0) is 18.3. The molecule has 5 heteroatoms. The Bertz CT molecular complexity index is 888. The lowest BCUT2D eigenvalue weighted by Gasteiger charge is -2.29. The third-order valence-corrected chi connectivity index (χ3v) is 5.43. The van der Waals surface area contributed by atoms with Crippen molar-refractivity contribution in [2.24, 2.45) is 0 Å². The molecule has 1 atom stereocenters. The monoisotopic (exact) mass is 354 g/mol. The molecule has 0 fully saturated rings. The molecule has 0 amide bonds. The molecule has 0 saturated heterocycles. The molecule has 1 unspecified atom stereocenters. The van der Waals surface area contributed by atoms with E-state index in [0.717, 1.165) is 47.9 Å². The molecular formula is C21H24NO4+. The lowest BCUT2D eigenvalue weighted by molar-refractivity contribution is -0.573. The summed E-state index contributed by atoms with van der Waals surface area (Å²) in [6, 6.07) is 8.67. The van der Waals surface area contributed by atoms with Gasteiger partial charge in [-0.2, -0.15) is 0 Å². The first kappa shape index (κ1) is 16.8. The molecule has 2 aromatic carbocycles. The van der Waals surface area contributed by atoms with Gasteiger partial charge >= 0.3 is 0 Å². The highest BCUT2D eigenvalue weighted by atomic mass is 16.5. The molecule has 2 heterocycles. The molecule has 2 aromatic rings. The van der Waals surface area contributed by atoms with Gasteiger partial charge in [0.25, 0.3) is 0 Å². The van der Waals surface area contributed by atoms with E-state index in [-0.39, 0.29) is 0 Å². The fraction of sp³-hybridized carbons (Fsp3) is 0.381. The predicted octanol–water partition coefficient (Wildman–Crippen LogP) is 3.01. The van der Waals surface area contributed by atoms with Gasteiger partial charge in [-0.05, 0) is 29.3 Å². The van der Waals surface area contributed by atoms with Crippen molar-refractivity contribution in [2.75, 3.05) is 35.0 Å². The molecular weight excluding hydrogens is 330 g/mol. The quantitative estimate of drug-likeness (QED) is 0.792. The fourth-order valence-electron chi connectivity index (χ4n) is 4.11. The molecule has 0 saturated carbocycles. The van der Waals surface area contributed by atoms with Gasteiger partial charge in [-0.1, -0.05) is 6.07 Å². The van der Waals surface area contributed by atoms with Crippen molar-refractivity contribution in [3.63, 3.8) is 0 Å². The highest BCUT2D eigenvalue weighted by molar-refractivity contribution is 5.85. The Labute approximate surface area is 153 Å². The van der Waals surface area contributed by atoms with Gasteiger partial charge in [-0.25, -0.2) is 4.58 Å². The Morgan fingerprint density at radius 1 is 0.846 bits per heavy atom. The largest absolute Gasteiger partial charge is 0.493 e. The molecule has 0 N–H and O–H groups in total. The number of hydrogen-bond donors (Lipinski definition) is 0. The maximum Gasteiger partial charge on any atom is 0.182 e. The van der Waals surface area contributed by atoms with E-state index in [2.05, 4.69) is 29.0 Å². The maximum atomic E-state index is 5.63. The number of rotatable bonds is 4. The predicted molar refractivity (Wildman–Crippen MR) is 99.5 cm³/mol. The fourth-order valence-corrected chi connectivity index (χ4v) is 4.11. The van der Waals surface area contributed by atoms with Crippen LogP contribution in [0.15, 0.2) is 24.3 Å². The second-order valence-corrected chi connectivity index (χ2v) is 6.62. The van der Waals surface area contributed by atoms with Crippen LogP contribution < -0.4 is 18.9 Å². The van der Waals surface area contributed by atoms with E-state index < -0.39 is 0 Å². The number of hydrogen-bond acceptors (Lipinski definition) is 4. The van der Waals surface area contributed by atoms with Gasteiger partial charge in [-0.15, -0.1) is 0 Å². The summed E-state index contributed by atoms with van der Waals surface area (Å²) in [4.78, 5) is 0. The Kier molecular flexibility index (Phi) is 4.23. The number of benzene rings is 2. The number of nitrogens with zero attached hydrogens (tertiary/aromatic N) is 1. The summed E-state index contributed by atoms with van der Waals surface area (Å²) in [5, 5.41) is 0. The van der Waals surface area contributed by atoms with Crippen LogP contribution in [0.4, 0.5) is 0 Å². The van der Waals surface area contributed by atoms with E-state index in [1.165, 1.54) is 16.7 Å².